The molecule has 33 heavy (non-hydrogen) atoms. The van der Waals surface area contributed by atoms with Gasteiger partial charge in [-0.3, -0.25) is 9.69 Å². The molecular weight excluding hydrogens is 416 g/mol. The molecule has 0 aliphatic carbocycles. The molecule has 1 N–H and O–H groups in total. The maximum atomic E-state index is 12.8. The molecule has 1 unspecified atom stereocenters. The fourth-order valence-electron chi connectivity index (χ4n) is 4.21. The largest absolute Gasteiger partial charge is 0.356 e. The number of nitrogens with one attached hydrogen (secondary N) is 1. The van der Waals surface area contributed by atoms with Crippen LogP contribution in [0, 0.1) is 0 Å². The average molecular weight is 443 g/mol. The van der Waals surface area contributed by atoms with E-state index in [-0.39, 0.29) is 11.9 Å². The molecule has 1 fully saturated rings. The molecule has 1 aliphatic heterocycles. The van der Waals surface area contributed by atoms with Gasteiger partial charge in [-0.25, -0.2) is 0 Å². The molecule has 0 radical (unpaired) electrons. The summed E-state index contributed by atoms with van der Waals surface area (Å²) in [6.07, 6.45) is 2.76. The highest BCUT2D eigenvalue weighted by atomic mass is 16.5. The molecule has 1 amide bonds. The van der Waals surface area contributed by atoms with Crippen LogP contribution in [0.4, 0.5) is 0 Å². The van der Waals surface area contributed by atoms with Crippen molar-refractivity contribution in [1.82, 2.24) is 20.5 Å². The SMILES string of the molecule is O=C1NCCCCC1N(Cc1cc(-c2ccccc2)on1)Cc1cc(-c2ccccc2)on1. The molecule has 2 aromatic carbocycles. The molecule has 1 atom stereocenters. The van der Waals surface area contributed by atoms with Gasteiger partial charge in [-0.2, -0.15) is 0 Å². The lowest BCUT2D eigenvalue weighted by molar-refractivity contribution is -0.126. The first kappa shape index (κ1) is 21.2. The van der Waals surface area contributed by atoms with Crippen molar-refractivity contribution in [3.05, 3.63) is 84.2 Å². The summed E-state index contributed by atoms with van der Waals surface area (Å²) in [4.78, 5) is 15.0. The van der Waals surface area contributed by atoms with Gasteiger partial charge < -0.3 is 14.4 Å². The van der Waals surface area contributed by atoms with E-state index in [1.807, 2.05) is 72.8 Å². The molecule has 7 heteroatoms. The Bertz CT molecular complexity index is 1110. The van der Waals surface area contributed by atoms with Crippen molar-refractivity contribution in [2.45, 2.75) is 38.4 Å². The van der Waals surface area contributed by atoms with Crippen molar-refractivity contribution in [3.8, 4) is 22.6 Å². The van der Waals surface area contributed by atoms with Crippen molar-refractivity contribution in [1.29, 1.82) is 0 Å². The van der Waals surface area contributed by atoms with Crippen LogP contribution in [0.3, 0.4) is 0 Å². The van der Waals surface area contributed by atoms with Crippen LogP contribution in [-0.4, -0.2) is 33.7 Å². The van der Waals surface area contributed by atoms with Crippen LogP contribution in [-0.2, 0) is 17.9 Å². The number of aromatic nitrogens is 2. The van der Waals surface area contributed by atoms with E-state index in [9.17, 15) is 4.79 Å². The Balaban J connectivity index is 1.39. The predicted molar refractivity (Wildman–Crippen MR) is 124 cm³/mol. The van der Waals surface area contributed by atoms with E-state index in [2.05, 4.69) is 20.5 Å². The van der Waals surface area contributed by atoms with Crippen LogP contribution >= 0.6 is 0 Å². The van der Waals surface area contributed by atoms with Crippen LogP contribution in [0.2, 0.25) is 0 Å². The highest BCUT2D eigenvalue weighted by Gasteiger charge is 2.29. The topological polar surface area (TPSA) is 84.4 Å². The van der Waals surface area contributed by atoms with Gasteiger partial charge in [0.05, 0.1) is 17.4 Å². The molecule has 2 aromatic heterocycles. The third-order valence-electron chi connectivity index (χ3n) is 5.91. The van der Waals surface area contributed by atoms with Crippen molar-refractivity contribution >= 4 is 5.91 Å². The minimum atomic E-state index is -0.263. The summed E-state index contributed by atoms with van der Waals surface area (Å²) in [6, 6.07) is 23.4. The Morgan fingerprint density at radius 1 is 0.818 bits per heavy atom. The molecule has 0 saturated carbocycles. The summed E-state index contributed by atoms with van der Waals surface area (Å²) in [6.45, 7) is 1.66. The lowest BCUT2D eigenvalue weighted by Gasteiger charge is -2.28. The molecule has 5 rings (SSSR count). The van der Waals surface area contributed by atoms with Gasteiger partial charge in [0.2, 0.25) is 5.91 Å². The fourth-order valence-corrected chi connectivity index (χ4v) is 4.21. The van der Waals surface area contributed by atoms with Gasteiger partial charge in [0.15, 0.2) is 11.5 Å². The molecule has 1 saturated heterocycles. The molecule has 3 heterocycles. The Morgan fingerprint density at radius 2 is 1.36 bits per heavy atom. The third kappa shape index (κ3) is 5.04. The van der Waals surface area contributed by atoms with Crippen LogP contribution in [0.1, 0.15) is 30.7 Å². The monoisotopic (exact) mass is 442 g/mol. The summed E-state index contributed by atoms with van der Waals surface area (Å²) in [5.74, 6) is 1.47. The third-order valence-corrected chi connectivity index (χ3v) is 5.91. The van der Waals surface area contributed by atoms with Gasteiger partial charge in [-0.1, -0.05) is 71.0 Å². The number of hydrogen-bond acceptors (Lipinski definition) is 6. The number of benzene rings is 2. The molecule has 7 nitrogen and oxygen atoms in total. The Hall–Kier alpha value is -3.71. The highest BCUT2D eigenvalue weighted by molar-refractivity contribution is 5.82. The van der Waals surface area contributed by atoms with E-state index in [0.29, 0.717) is 31.2 Å². The summed E-state index contributed by atoms with van der Waals surface area (Å²) in [7, 11) is 0. The summed E-state index contributed by atoms with van der Waals surface area (Å²) in [5, 5.41) is 11.6. The van der Waals surface area contributed by atoms with E-state index < -0.39 is 0 Å². The summed E-state index contributed by atoms with van der Waals surface area (Å²) >= 11 is 0. The molecule has 4 aromatic rings. The quantitative estimate of drug-likeness (QED) is 0.448. The van der Waals surface area contributed by atoms with Gasteiger partial charge in [-0.15, -0.1) is 0 Å². The first-order valence-corrected chi connectivity index (χ1v) is 11.3. The zero-order chi connectivity index (χ0) is 22.5. The second-order valence-corrected chi connectivity index (χ2v) is 8.30. The predicted octanol–water partition coefficient (Wildman–Crippen LogP) is 4.67. The zero-order valence-corrected chi connectivity index (χ0v) is 18.3. The normalized spacial score (nSPS) is 16.5. The van der Waals surface area contributed by atoms with E-state index in [4.69, 9.17) is 9.05 Å². The van der Waals surface area contributed by atoms with Gasteiger partial charge in [0.25, 0.3) is 0 Å². The number of carbonyl (C=O) groups is 1. The molecular formula is C26H26N4O3. The molecule has 1 aliphatic rings. The molecule has 0 spiro atoms. The fraction of sp³-hybridized carbons (Fsp3) is 0.269. The van der Waals surface area contributed by atoms with Crippen LogP contribution in [0.25, 0.3) is 22.6 Å². The van der Waals surface area contributed by atoms with E-state index in [1.165, 1.54) is 0 Å². The zero-order valence-electron chi connectivity index (χ0n) is 18.3. The first-order valence-electron chi connectivity index (χ1n) is 11.3. The van der Waals surface area contributed by atoms with Gasteiger partial charge >= 0.3 is 0 Å². The van der Waals surface area contributed by atoms with E-state index in [1.54, 1.807) is 0 Å². The number of carbonyl (C=O) groups excluding carboxylic acids is 1. The van der Waals surface area contributed by atoms with Gasteiger partial charge in [0.1, 0.15) is 0 Å². The van der Waals surface area contributed by atoms with Crippen molar-refractivity contribution in [3.63, 3.8) is 0 Å². The van der Waals surface area contributed by atoms with Crippen LogP contribution in [0.5, 0.6) is 0 Å². The van der Waals surface area contributed by atoms with Crippen molar-refractivity contribution < 1.29 is 13.8 Å². The first-order chi connectivity index (χ1) is 16.3. The van der Waals surface area contributed by atoms with Crippen LogP contribution < -0.4 is 5.32 Å². The lowest BCUT2D eigenvalue weighted by Crippen LogP contribution is -2.45. The lowest BCUT2D eigenvalue weighted by atomic mass is 10.1. The standard InChI is InChI=1S/C26H26N4O3/c31-26-23(13-7-8-14-27-26)30(17-21-15-24(32-28-21)19-9-3-1-4-10-19)18-22-16-25(33-29-22)20-11-5-2-6-12-20/h1-6,9-12,15-16,23H,7-8,13-14,17-18H2,(H,27,31). The van der Waals surface area contributed by atoms with Gasteiger partial charge in [-0.05, 0) is 19.3 Å². The number of hydrogen-bond donors (Lipinski definition) is 1. The van der Waals surface area contributed by atoms with Crippen molar-refractivity contribution in [2.24, 2.45) is 0 Å². The Labute approximate surface area is 192 Å². The number of amides is 1. The number of nitrogens with zero attached hydrogens (tertiary/aromatic N) is 3. The number of rotatable bonds is 7. The highest BCUT2D eigenvalue weighted by Crippen LogP contribution is 2.25. The molecule has 168 valence electrons. The van der Waals surface area contributed by atoms with E-state index >= 15 is 0 Å². The Kier molecular flexibility index (Phi) is 6.30. The average Bonchev–Trinajstić information content (AvgIpc) is 3.47. The van der Waals surface area contributed by atoms with E-state index in [0.717, 1.165) is 41.8 Å². The van der Waals surface area contributed by atoms with Crippen molar-refractivity contribution in [2.75, 3.05) is 6.54 Å². The summed E-state index contributed by atoms with van der Waals surface area (Å²) < 4.78 is 11.2. The maximum Gasteiger partial charge on any atom is 0.237 e. The maximum absolute atomic E-state index is 12.8. The second-order valence-electron chi connectivity index (χ2n) is 8.30. The van der Waals surface area contributed by atoms with Crippen LogP contribution in [0.15, 0.2) is 81.8 Å². The second kappa shape index (κ2) is 9.83. The smallest absolute Gasteiger partial charge is 0.237 e. The van der Waals surface area contributed by atoms with Gasteiger partial charge in [0, 0.05) is 42.9 Å². The minimum absolute atomic E-state index is 0.0473. The summed E-state index contributed by atoms with van der Waals surface area (Å²) in [5.41, 5.74) is 3.49. The Morgan fingerprint density at radius 3 is 1.91 bits per heavy atom. The molecule has 0 bridgehead atoms. The minimum Gasteiger partial charge on any atom is -0.356 e.